The molecule has 1 fully saturated rings. The quantitative estimate of drug-likeness (QED) is 0.339. The molecule has 1 rings (SSSR count). The first kappa shape index (κ1) is 22.8. The Kier molecular flexibility index (Phi) is 14.4. The predicted molar refractivity (Wildman–Crippen MR) is 84.2 cm³/mol. The molecule has 7 nitrogen and oxygen atoms in total. The second kappa shape index (κ2) is 14.5. The maximum atomic E-state index is 10.7. The van der Waals surface area contributed by atoms with E-state index in [1.807, 2.05) is 0 Å². The van der Waals surface area contributed by atoms with Crippen LogP contribution in [0.3, 0.4) is 0 Å². The number of allylic oxidation sites excluding steroid dienone is 1. The predicted octanol–water partition coefficient (Wildman–Crippen LogP) is 1.30. The van der Waals surface area contributed by atoms with Gasteiger partial charge in [0.2, 0.25) is 0 Å². The third-order valence-corrected chi connectivity index (χ3v) is 1.92. The molecule has 1 aliphatic rings. The van der Waals surface area contributed by atoms with E-state index < -0.39 is 5.97 Å². The monoisotopic (exact) mass is 325 g/mol. The van der Waals surface area contributed by atoms with Gasteiger partial charge in [0.05, 0.1) is 19.3 Å². The summed E-state index contributed by atoms with van der Waals surface area (Å²) in [5, 5.41) is 15.7. The van der Waals surface area contributed by atoms with E-state index in [2.05, 4.69) is 24.5 Å². The van der Waals surface area contributed by atoms with Crippen LogP contribution in [0.1, 0.15) is 13.8 Å². The minimum absolute atomic E-state index is 0.0473. The number of carbonyl (C=O) groups excluding carboxylic acids is 2. The first-order valence-electron chi connectivity index (χ1n) is 6.68. The number of nitrogens with zero attached hydrogens (tertiary/aromatic N) is 1. The summed E-state index contributed by atoms with van der Waals surface area (Å²) < 4.78 is 14.1. The van der Waals surface area contributed by atoms with E-state index in [0.29, 0.717) is 24.4 Å². The van der Waals surface area contributed by atoms with Crippen LogP contribution in [0.4, 0.5) is 0 Å². The van der Waals surface area contributed by atoms with Crippen LogP contribution in [-0.2, 0) is 23.8 Å². The summed E-state index contributed by atoms with van der Waals surface area (Å²) in [6.45, 7) is 14.1. The van der Waals surface area contributed by atoms with Gasteiger partial charge < -0.3 is 19.3 Å². The largest absolute Gasteiger partial charge is 0.460 e. The maximum Gasteiger partial charge on any atom is 0.333 e. The highest BCUT2D eigenvalue weighted by atomic mass is 16.6. The van der Waals surface area contributed by atoms with Crippen LogP contribution in [0.15, 0.2) is 37.0 Å². The highest BCUT2D eigenvalue weighted by Gasteiger charge is 2.24. The SMILES string of the molecule is C=C(C)C(=O)OCC1CO1.C=C(C)C(=O)OCCO.C=CC#N. The molecule has 1 saturated heterocycles. The van der Waals surface area contributed by atoms with E-state index in [4.69, 9.17) is 19.8 Å². The summed E-state index contributed by atoms with van der Waals surface area (Å²) in [7, 11) is 0. The number of epoxide rings is 1. The maximum absolute atomic E-state index is 10.7. The zero-order valence-corrected chi connectivity index (χ0v) is 13.5. The number of esters is 2. The van der Waals surface area contributed by atoms with Gasteiger partial charge in [-0.25, -0.2) is 9.59 Å². The van der Waals surface area contributed by atoms with Crippen molar-refractivity contribution in [3.63, 3.8) is 0 Å². The summed E-state index contributed by atoms with van der Waals surface area (Å²) in [5.74, 6) is -0.792. The summed E-state index contributed by atoms with van der Waals surface area (Å²) in [4.78, 5) is 21.2. The number of aliphatic hydroxyl groups is 1. The lowest BCUT2D eigenvalue weighted by Gasteiger charge is -1.99. The fourth-order valence-corrected chi connectivity index (χ4v) is 0.718. The van der Waals surface area contributed by atoms with E-state index >= 15 is 0 Å². The number of carbonyl (C=O) groups is 2. The summed E-state index contributed by atoms with van der Waals surface area (Å²) in [6, 6.07) is 1.69. The van der Waals surface area contributed by atoms with Crippen molar-refractivity contribution in [2.45, 2.75) is 20.0 Å². The highest BCUT2D eigenvalue weighted by molar-refractivity contribution is 5.87. The minimum Gasteiger partial charge on any atom is -0.460 e. The van der Waals surface area contributed by atoms with Crippen molar-refractivity contribution in [2.24, 2.45) is 0 Å². The topological polar surface area (TPSA) is 109 Å². The molecule has 1 heterocycles. The number of nitriles is 1. The van der Waals surface area contributed by atoms with Crippen LogP contribution in [0.25, 0.3) is 0 Å². The van der Waals surface area contributed by atoms with E-state index in [0.717, 1.165) is 0 Å². The molecule has 0 aliphatic carbocycles. The smallest absolute Gasteiger partial charge is 0.333 e. The Balaban J connectivity index is 0. The fourth-order valence-electron chi connectivity index (χ4n) is 0.718. The second-order valence-corrected chi connectivity index (χ2v) is 4.31. The Bertz CT molecular complexity index is 460. The molecule has 7 heteroatoms. The Labute approximate surface area is 136 Å². The standard InChI is InChI=1S/C7H10O3.C6H10O3.C3H3N/c1-5(2)7(8)10-4-6-3-9-6;1-5(2)6(8)9-4-3-7;1-2-3-4/h6H,1,3-4H2,2H3;7H,1,3-4H2,2H3;2H,1H2. The lowest BCUT2D eigenvalue weighted by atomic mass is 10.4. The van der Waals surface area contributed by atoms with Crippen LogP contribution >= 0.6 is 0 Å². The average molecular weight is 325 g/mol. The third kappa shape index (κ3) is 17.5. The summed E-state index contributed by atoms with van der Waals surface area (Å²) in [5.41, 5.74) is 0.782. The molecule has 23 heavy (non-hydrogen) atoms. The summed E-state index contributed by atoms with van der Waals surface area (Å²) in [6.07, 6.45) is 1.32. The number of aliphatic hydroxyl groups excluding tert-OH is 1. The van der Waals surface area contributed by atoms with Gasteiger partial charge in [0.15, 0.2) is 0 Å². The molecule has 1 aliphatic heterocycles. The van der Waals surface area contributed by atoms with Crippen molar-refractivity contribution in [2.75, 3.05) is 26.4 Å². The number of hydrogen-bond acceptors (Lipinski definition) is 7. The van der Waals surface area contributed by atoms with E-state index in [1.54, 1.807) is 19.9 Å². The van der Waals surface area contributed by atoms with E-state index in [-0.39, 0.29) is 25.3 Å². The molecular formula is C16H23NO6. The number of ether oxygens (including phenoxy) is 3. The molecule has 0 saturated carbocycles. The van der Waals surface area contributed by atoms with Crippen molar-refractivity contribution in [3.8, 4) is 6.07 Å². The van der Waals surface area contributed by atoms with Crippen LogP contribution in [0, 0.1) is 11.3 Å². The van der Waals surface area contributed by atoms with Crippen molar-refractivity contribution in [1.82, 2.24) is 0 Å². The number of hydrogen-bond donors (Lipinski definition) is 1. The molecule has 0 radical (unpaired) electrons. The van der Waals surface area contributed by atoms with Crippen molar-refractivity contribution in [1.29, 1.82) is 5.26 Å². The molecule has 0 spiro atoms. The average Bonchev–Trinajstić information content (AvgIpc) is 3.35. The van der Waals surface area contributed by atoms with Gasteiger partial charge in [-0.05, 0) is 13.8 Å². The zero-order valence-electron chi connectivity index (χ0n) is 13.5. The van der Waals surface area contributed by atoms with Crippen LogP contribution in [0.5, 0.6) is 0 Å². The van der Waals surface area contributed by atoms with Gasteiger partial charge in [0, 0.05) is 17.2 Å². The highest BCUT2D eigenvalue weighted by Crippen LogP contribution is 2.09. The first-order chi connectivity index (χ1) is 10.8. The molecule has 0 bridgehead atoms. The van der Waals surface area contributed by atoms with Gasteiger partial charge in [-0.3, -0.25) is 0 Å². The minimum atomic E-state index is -0.455. The van der Waals surface area contributed by atoms with Crippen LogP contribution in [-0.4, -0.2) is 49.6 Å². The Morgan fingerprint density at radius 1 is 1.30 bits per heavy atom. The first-order valence-corrected chi connectivity index (χ1v) is 6.68. The van der Waals surface area contributed by atoms with Gasteiger partial charge in [-0.1, -0.05) is 19.7 Å². The second-order valence-electron chi connectivity index (χ2n) is 4.31. The van der Waals surface area contributed by atoms with Gasteiger partial charge in [-0.15, -0.1) is 0 Å². The summed E-state index contributed by atoms with van der Waals surface area (Å²) >= 11 is 0. The van der Waals surface area contributed by atoms with Gasteiger partial charge in [0.1, 0.15) is 19.3 Å². The van der Waals surface area contributed by atoms with Crippen LogP contribution < -0.4 is 0 Å². The molecule has 0 aromatic heterocycles. The Morgan fingerprint density at radius 3 is 2.04 bits per heavy atom. The van der Waals surface area contributed by atoms with Crippen molar-refractivity contribution < 1.29 is 28.9 Å². The lowest BCUT2D eigenvalue weighted by molar-refractivity contribution is -0.140. The van der Waals surface area contributed by atoms with Crippen molar-refractivity contribution >= 4 is 11.9 Å². The molecule has 1 unspecified atom stereocenters. The molecule has 128 valence electrons. The molecule has 1 N–H and O–H groups in total. The molecular weight excluding hydrogens is 302 g/mol. The Hall–Kier alpha value is -2.43. The Morgan fingerprint density at radius 2 is 1.74 bits per heavy atom. The van der Waals surface area contributed by atoms with Gasteiger partial charge >= 0.3 is 11.9 Å². The lowest BCUT2D eigenvalue weighted by Crippen LogP contribution is -2.09. The molecule has 1 atom stereocenters. The number of rotatable bonds is 6. The normalized spacial score (nSPS) is 13.6. The van der Waals surface area contributed by atoms with Gasteiger partial charge in [-0.2, -0.15) is 5.26 Å². The van der Waals surface area contributed by atoms with E-state index in [9.17, 15) is 9.59 Å². The zero-order chi connectivity index (χ0) is 18.3. The molecule has 0 aromatic carbocycles. The third-order valence-electron chi connectivity index (χ3n) is 1.92. The van der Waals surface area contributed by atoms with Gasteiger partial charge in [0.25, 0.3) is 0 Å². The van der Waals surface area contributed by atoms with Crippen LogP contribution in [0.2, 0.25) is 0 Å². The van der Waals surface area contributed by atoms with Crippen molar-refractivity contribution in [3.05, 3.63) is 37.0 Å². The molecule has 0 amide bonds. The van der Waals surface area contributed by atoms with E-state index in [1.165, 1.54) is 6.08 Å². The molecule has 0 aromatic rings. The fraction of sp³-hybridized carbons (Fsp3) is 0.438.